The monoisotopic (exact) mass is 209 g/mol. The van der Waals surface area contributed by atoms with Crippen LogP contribution in [0.5, 0.6) is 11.5 Å². The predicted octanol–water partition coefficient (Wildman–Crippen LogP) is 1.34. The molecule has 0 bridgehead atoms. The van der Waals surface area contributed by atoms with Crippen LogP contribution in [0.3, 0.4) is 0 Å². The Morgan fingerprint density at radius 2 is 2.00 bits per heavy atom. The molecule has 1 atom stereocenters. The average molecular weight is 209 g/mol. The Morgan fingerprint density at radius 3 is 2.53 bits per heavy atom. The number of rotatable bonds is 5. The summed E-state index contributed by atoms with van der Waals surface area (Å²) >= 11 is 0. The van der Waals surface area contributed by atoms with Crippen LogP contribution in [-0.4, -0.2) is 19.1 Å². The molecular formula is C11H15NO3. The number of hydrogen-bond donors (Lipinski definition) is 1. The number of amides is 1. The fraction of sp³-hybridized carbons (Fsp3) is 0.364. The number of primary amides is 1. The molecule has 4 nitrogen and oxygen atoms in total. The lowest BCUT2D eigenvalue weighted by Crippen LogP contribution is -2.22. The predicted molar refractivity (Wildman–Crippen MR) is 56.9 cm³/mol. The topological polar surface area (TPSA) is 61.6 Å². The number of carbonyl (C=O) groups excluding carboxylic acids is 1. The summed E-state index contributed by atoms with van der Waals surface area (Å²) in [7, 11) is 1.57. The lowest BCUT2D eigenvalue weighted by Gasteiger charge is -2.15. The van der Waals surface area contributed by atoms with Gasteiger partial charge in [0.25, 0.3) is 0 Å². The van der Waals surface area contributed by atoms with Crippen molar-refractivity contribution in [1.82, 2.24) is 0 Å². The molecule has 0 radical (unpaired) electrons. The largest absolute Gasteiger partial charge is 0.493 e. The van der Waals surface area contributed by atoms with Gasteiger partial charge in [-0.25, -0.2) is 0 Å². The van der Waals surface area contributed by atoms with Crippen LogP contribution in [0.4, 0.5) is 0 Å². The van der Waals surface area contributed by atoms with E-state index in [-0.39, 0.29) is 18.4 Å². The maximum Gasteiger partial charge on any atom is 0.221 e. The van der Waals surface area contributed by atoms with Gasteiger partial charge in [0, 0.05) is 0 Å². The summed E-state index contributed by atoms with van der Waals surface area (Å²) < 4.78 is 10.6. The van der Waals surface area contributed by atoms with Crippen LogP contribution >= 0.6 is 0 Å². The second-order valence-electron chi connectivity index (χ2n) is 3.25. The van der Waals surface area contributed by atoms with Gasteiger partial charge in [-0.05, 0) is 19.1 Å². The number of benzene rings is 1. The minimum atomic E-state index is -0.377. The van der Waals surface area contributed by atoms with Crippen molar-refractivity contribution in [1.29, 1.82) is 0 Å². The zero-order valence-corrected chi connectivity index (χ0v) is 8.90. The van der Waals surface area contributed by atoms with Gasteiger partial charge < -0.3 is 15.2 Å². The third-order valence-corrected chi connectivity index (χ3v) is 1.89. The van der Waals surface area contributed by atoms with E-state index in [2.05, 4.69) is 0 Å². The van der Waals surface area contributed by atoms with Gasteiger partial charge in [-0.15, -0.1) is 0 Å². The molecule has 1 unspecified atom stereocenters. The van der Waals surface area contributed by atoms with Crippen LogP contribution in [0, 0.1) is 0 Å². The summed E-state index contributed by atoms with van der Waals surface area (Å²) in [6, 6.07) is 7.28. The van der Waals surface area contributed by atoms with E-state index in [1.807, 2.05) is 12.1 Å². The van der Waals surface area contributed by atoms with E-state index in [4.69, 9.17) is 15.2 Å². The molecule has 0 fully saturated rings. The maximum absolute atomic E-state index is 10.7. The molecule has 0 saturated carbocycles. The van der Waals surface area contributed by atoms with E-state index in [1.165, 1.54) is 0 Å². The average Bonchev–Trinajstić information content (AvgIpc) is 2.17. The van der Waals surface area contributed by atoms with Gasteiger partial charge in [-0.2, -0.15) is 0 Å². The van der Waals surface area contributed by atoms with Crippen molar-refractivity contribution >= 4 is 5.91 Å². The van der Waals surface area contributed by atoms with Crippen molar-refractivity contribution in [2.24, 2.45) is 5.73 Å². The molecule has 0 aliphatic heterocycles. The third kappa shape index (κ3) is 3.50. The van der Waals surface area contributed by atoms with Gasteiger partial charge in [0.1, 0.15) is 6.10 Å². The van der Waals surface area contributed by atoms with E-state index in [0.29, 0.717) is 11.5 Å². The molecule has 0 aliphatic rings. The van der Waals surface area contributed by atoms with Gasteiger partial charge in [-0.1, -0.05) is 12.1 Å². The summed E-state index contributed by atoms with van der Waals surface area (Å²) in [5.41, 5.74) is 5.07. The lowest BCUT2D eigenvalue weighted by molar-refractivity contribution is -0.119. The maximum atomic E-state index is 10.7. The molecule has 15 heavy (non-hydrogen) atoms. The number of methoxy groups -OCH3 is 1. The van der Waals surface area contributed by atoms with Crippen LogP contribution in [0.1, 0.15) is 13.3 Å². The number of carbonyl (C=O) groups is 1. The first kappa shape index (κ1) is 11.4. The van der Waals surface area contributed by atoms with Crippen molar-refractivity contribution in [3.05, 3.63) is 24.3 Å². The van der Waals surface area contributed by atoms with E-state index >= 15 is 0 Å². The first-order chi connectivity index (χ1) is 7.13. The minimum absolute atomic E-state index is 0.193. The fourth-order valence-corrected chi connectivity index (χ4v) is 1.26. The Kier molecular flexibility index (Phi) is 3.97. The number of para-hydroxylation sites is 2. The van der Waals surface area contributed by atoms with E-state index < -0.39 is 0 Å². The van der Waals surface area contributed by atoms with Crippen LogP contribution in [0.25, 0.3) is 0 Å². The summed E-state index contributed by atoms with van der Waals surface area (Å²) in [5.74, 6) is 0.889. The molecule has 0 saturated heterocycles. The Morgan fingerprint density at radius 1 is 1.40 bits per heavy atom. The molecule has 1 rings (SSSR count). The molecule has 0 aromatic heterocycles. The molecule has 0 heterocycles. The number of nitrogens with two attached hydrogens (primary N) is 1. The quantitative estimate of drug-likeness (QED) is 0.796. The zero-order chi connectivity index (χ0) is 11.3. The lowest BCUT2D eigenvalue weighted by atomic mass is 10.2. The van der Waals surface area contributed by atoms with Crippen LogP contribution in [-0.2, 0) is 4.79 Å². The molecule has 2 N–H and O–H groups in total. The third-order valence-electron chi connectivity index (χ3n) is 1.89. The summed E-state index contributed by atoms with van der Waals surface area (Å²) in [5, 5.41) is 0. The second kappa shape index (κ2) is 5.24. The molecule has 4 heteroatoms. The van der Waals surface area contributed by atoms with Crippen molar-refractivity contribution < 1.29 is 14.3 Å². The number of ether oxygens (including phenoxy) is 2. The highest BCUT2D eigenvalue weighted by Gasteiger charge is 2.10. The fourth-order valence-electron chi connectivity index (χ4n) is 1.26. The first-order valence-corrected chi connectivity index (χ1v) is 4.71. The van der Waals surface area contributed by atoms with Crippen LogP contribution < -0.4 is 15.2 Å². The minimum Gasteiger partial charge on any atom is -0.493 e. The highest BCUT2D eigenvalue weighted by Crippen LogP contribution is 2.27. The normalized spacial score (nSPS) is 11.9. The van der Waals surface area contributed by atoms with Gasteiger partial charge in [0.05, 0.1) is 13.5 Å². The van der Waals surface area contributed by atoms with Crippen LogP contribution in [0.2, 0.25) is 0 Å². The Bertz CT molecular complexity index is 338. The van der Waals surface area contributed by atoms with Crippen LogP contribution in [0.15, 0.2) is 24.3 Å². The Balaban J connectivity index is 2.67. The van der Waals surface area contributed by atoms with Crippen molar-refractivity contribution in [3.8, 4) is 11.5 Å². The Hall–Kier alpha value is -1.71. The molecule has 1 aromatic rings. The molecule has 82 valence electrons. The standard InChI is InChI=1S/C11H15NO3/c1-8(7-11(12)13)15-10-6-4-3-5-9(10)14-2/h3-6,8H,7H2,1-2H3,(H2,12,13). The van der Waals surface area contributed by atoms with Crippen molar-refractivity contribution in [3.63, 3.8) is 0 Å². The Labute approximate surface area is 89.0 Å². The highest BCUT2D eigenvalue weighted by atomic mass is 16.5. The molecule has 0 spiro atoms. The smallest absolute Gasteiger partial charge is 0.221 e. The van der Waals surface area contributed by atoms with Gasteiger partial charge in [0.2, 0.25) is 5.91 Å². The van der Waals surface area contributed by atoms with Crippen molar-refractivity contribution in [2.45, 2.75) is 19.4 Å². The second-order valence-corrected chi connectivity index (χ2v) is 3.25. The SMILES string of the molecule is COc1ccccc1OC(C)CC(N)=O. The summed E-state index contributed by atoms with van der Waals surface area (Å²) in [4.78, 5) is 10.7. The van der Waals surface area contributed by atoms with Gasteiger partial charge >= 0.3 is 0 Å². The molecule has 0 aliphatic carbocycles. The van der Waals surface area contributed by atoms with E-state index in [0.717, 1.165) is 0 Å². The summed E-state index contributed by atoms with van der Waals surface area (Å²) in [6.07, 6.45) is -0.0586. The molecule has 1 amide bonds. The van der Waals surface area contributed by atoms with Gasteiger partial charge in [-0.3, -0.25) is 4.79 Å². The molecular weight excluding hydrogens is 194 g/mol. The zero-order valence-electron chi connectivity index (χ0n) is 8.90. The highest BCUT2D eigenvalue weighted by molar-refractivity contribution is 5.74. The summed E-state index contributed by atoms with van der Waals surface area (Å²) in [6.45, 7) is 1.79. The first-order valence-electron chi connectivity index (χ1n) is 4.71. The van der Waals surface area contributed by atoms with E-state index in [9.17, 15) is 4.79 Å². The molecule has 1 aromatic carbocycles. The number of hydrogen-bond acceptors (Lipinski definition) is 3. The van der Waals surface area contributed by atoms with E-state index in [1.54, 1.807) is 26.2 Å². The van der Waals surface area contributed by atoms with Crippen molar-refractivity contribution in [2.75, 3.05) is 7.11 Å². The van der Waals surface area contributed by atoms with Gasteiger partial charge in [0.15, 0.2) is 11.5 Å².